The molecular weight excluding hydrogens is 278 g/mol. The van der Waals surface area contributed by atoms with Crippen molar-refractivity contribution in [2.75, 3.05) is 6.54 Å². The average molecular weight is 307 g/mol. The van der Waals surface area contributed by atoms with Crippen LogP contribution in [-0.4, -0.2) is 28.8 Å². The molecule has 0 saturated carbocycles. The molecular formula is C17H29N3O2. The van der Waals surface area contributed by atoms with Gasteiger partial charge in [-0.1, -0.05) is 33.8 Å². The van der Waals surface area contributed by atoms with E-state index in [1.165, 1.54) is 0 Å². The number of aliphatic hydroxyl groups is 1. The van der Waals surface area contributed by atoms with Gasteiger partial charge in [0.2, 0.25) is 0 Å². The number of hydrogen-bond donors (Lipinski definition) is 3. The van der Waals surface area contributed by atoms with E-state index in [1.54, 1.807) is 6.20 Å². The molecule has 1 heterocycles. The number of carbonyl (C=O) groups is 1. The Labute approximate surface area is 133 Å². The number of nitrogens with zero attached hydrogens (tertiary/aromatic N) is 1. The van der Waals surface area contributed by atoms with Gasteiger partial charge in [0.05, 0.1) is 17.8 Å². The normalized spacial score (nSPS) is 14.0. The summed E-state index contributed by atoms with van der Waals surface area (Å²) in [6.45, 7) is 10.5. The monoisotopic (exact) mass is 307 g/mol. The van der Waals surface area contributed by atoms with Crippen LogP contribution < -0.4 is 10.6 Å². The number of carbonyl (C=O) groups excluding carboxylic acids is 1. The summed E-state index contributed by atoms with van der Waals surface area (Å²) in [5.74, 6) is 0.435. The lowest BCUT2D eigenvalue weighted by Crippen LogP contribution is -2.41. The van der Waals surface area contributed by atoms with Crippen molar-refractivity contribution < 1.29 is 9.90 Å². The second-order valence-electron chi connectivity index (χ2n) is 6.43. The predicted octanol–water partition coefficient (Wildman–Crippen LogP) is 2.79. The van der Waals surface area contributed by atoms with Crippen LogP contribution in [0.25, 0.3) is 0 Å². The Morgan fingerprint density at radius 3 is 2.50 bits per heavy atom. The third-order valence-corrected chi connectivity index (χ3v) is 3.79. The van der Waals surface area contributed by atoms with E-state index in [1.807, 2.05) is 32.9 Å². The van der Waals surface area contributed by atoms with E-state index in [4.69, 9.17) is 0 Å². The highest BCUT2D eigenvalue weighted by Gasteiger charge is 2.21. The summed E-state index contributed by atoms with van der Waals surface area (Å²) in [5.41, 5.74) is 1.96. The molecule has 2 atom stereocenters. The molecule has 0 radical (unpaired) electrons. The summed E-state index contributed by atoms with van der Waals surface area (Å²) in [7, 11) is 0. The van der Waals surface area contributed by atoms with Crippen LogP contribution in [0.4, 0.5) is 4.79 Å². The first kappa shape index (κ1) is 18.4. The van der Waals surface area contributed by atoms with E-state index in [0.717, 1.165) is 11.3 Å². The van der Waals surface area contributed by atoms with Crippen LogP contribution in [0.15, 0.2) is 18.3 Å². The summed E-state index contributed by atoms with van der Waals surface area (Å²) in [5, 5.41) is 15.5. The first-order chi connectivity index (χ1) is 10.3. The van der Waals surface area contributed by atoms with E-state index in [-0.39, 0.29) is 30.0 Å². The minimum Gasteiger partial charge on any atom is -0.393 e. The van der Waals surface area contributed by atoms with Crippen molar-refractivity contribution in [2.24, 2.45) is 11.8 Å². The Morgan fingerprint density at radius 2 is 1.95 bits per heavy atom. The van der Waals surface area contributed by atoms with Gasteiger partial charge in [0, 0.05) is 12.7 Å². The number of urea groups is 1. The molecule has 0 fully saturated rings. The van der Waals surface area contributed by atoms with Crippen molar-refractivity contribution in [3.05, 3.63) is 29.6 Å². The van der Waals surface area contributed by atoms with Crippen LogP contribution in [0.1, 0.15) is 51.4 Å². The predicted molar refractivity (Wildman–Crippen MR) is 88.5 cm³/mol. The van der Waals surface area contributed by atoms with Crippen LogP contribution in [0.5, 0.6) is 0 Å². The molecule has 3 N–H and O–H groups in total. The standard InChI is InChI=1S/C17H29N3O2/c1-11(2)14(21)8-10-19-17(22)20-15(12(3)4)16-13(5)7-6-9-18-16/h6-7,9,11-12,14-15,21H,8,10H2,1-5H3,(H2,19,20,22). The SMILES string of the molecule is Cc1cccnc1C(NC(=O)NCCC(O)C(C)C)C(C)C. The lowest BCUT2D eigenvalue weighted by atomic mass is 9.97. The Morgan fingerprint density at radius 1 is 1.27 bits per heavy atom. The number of nitrogens with one attached hydrogen (secondary N) is 2. The van der Waals surface area contributed by atoms with Gasteiger partial charge in [0.1, 0.15) is 0 Å². The maximum atomic E-state index is 12.1. The van der Waals surface area contributed by atoms with Crippen LogP contribution in [0, 0.1) is 18.8 Å². The van der Waals surface area contributed by atoms with Crippen molar-refractivity contribution >= 4 is 6.03 Å². The Hall–Kier alpha value is -1.62. The third-order valence-electron chi connectivity index (χ3n) is 3.79. The first-order valence-electron chi connectivity index (χ1n) is 7.96. The van der Waals surface area contributed by atoms with Crippen LogP contribution in [0.3, 0.4) is 0 Å². The molecule has 1 rings (SSSR count). The van der Waals surface area contributed by atoms with E-state index in [2.05, 4.69) is 29.5 Å². The summed E-state index contributed by atoms with van der Waals surface area (Å²) in [6, 6.07) is 3.54. The molecule has 5 heteroatoms. The number of aliphatic hydroxyl groups excluding tert-OH is 1. The van der Waals surface area contributed by atoms with Gasteiger partial charge in [0.15, 0.2) is 0 Å². The number of hydrogen-bond acceptors (Lipinski definition) is 3. The summed E-state index contributed by atoms with van der Waals surface area (Å²) < 4.78 is 0. The highest BCUT2D eigenvalue weighted by molar-refractivity contribution is 5.74. The number of aromatic nitrogens is 1. The molecule has 2 amide bonds. The minimum absolute atomic E-state index is 0.128. The Bertz CT molecular complexity index is 475. The molecule has 5 nitrogen and oxygen atoms in total. The summed E-state index contributed by atoms with van der Waals surface area (Å²) >= 11 is 0. The zero-order valence-corrected chi connectivity index (χ0v) is 14.3. The topological polar surface area (TPSA) is 74.2 Å². The molecule has 0 aliphatic rings. The number of aryl methyl sites for hydroxylation is 1. The molecule has 22 heavy (non-hydrogen) atoms. The largest absolute Gasteiger partial charge is 0.393 e. The third kappa shape index (κ3) is 5.64. The summed E-state index contributed by atoms with van der Waals surface area (Å²) in [6.07, 6.45) is 1.91. The fourth-order valence-electron chi connectivity index (χ4n) is 2.23. The molecule has 0 aliphatic heterocycles. The smallest absolute Gasteiger partial charge is 0.315 e. The lowest BCUT2D eigenvalue weighted by Gasteiger charge is -2.24. The van der Waals surface area contributed by atoms with Gasteiger partial charge in [-0.25, -0.2) is 4.79 Å². The van der Waals surface area contributed by atoms with E-state index < -0.39 is 0 Å². The van der Waals surface area contributed by atoms with Crippen molar-refractivity contribution in [3.63, 3.8) is 0 Å². The highest BCUT2D eigenvalue weighted by atomic mass is 16.3. The van der Waals surface area contributed by atoms with Gasteiger partial charge in [-0.3, -0.25) is 4.98 Å². The van der Waals surface area contributed by atoms with Crippen LogP contribution >= 0.6 is 0 Å². The Balaban J connectivity index is 2.57. The number of pyridine rings is 1. The average Bonchev–Trinajstić information content (AvgIpc) is 2.45. The van der Waals surface area contributed by atoms with Gasteiger partial charge in [0.25, 0.3) is 0 Å². The van der Waals surface area contributed by atoms with Gasteiger partial charge in [-0.15, -0.1) is 0 Å². The number of amides is 2. The van der Waals surface area contributed by atoms with Crippen molar-refractivity contribution in [1.29, 1.82) is 0 Å². The summed E-state index contributed by atoms with van der Waals surface area (Å²) in [4.78, 5) is 16.5. The Kier molecular flexibility index (Phi) is 7.32. The maximum absolute atomic E-state index is 12.1. The molecule has 0 bridgehead atoms. The van der Waals surface area contributed by atoms with E-state index in [0.29, 0.717) is 13.0 Å². The zero-order chi connectivity index (χ0) is 16.7. The van der Waals surface area contributed by atoms with Gasteiger partial charge in [-0.05, 0) is 36.8 Å². The first-order valence-corrected chi connectivity index (χ1v) is 7.96. The lowest BCUT2D eigenvalue weighted by molar-refractivity contribution is 0.116. The van der Waals surface area contributed by atoms with Crippen molar-refractivity contribution in [2.45, 2.75) is 53.2 Å². The molecule has 0 saturated heterocycles. The quantitative estimate of drug-likeness (QED) is 0.725. The van der Waals surface area contributed by atoms with Crippen LogP contribution in [-0.2, 0) is 0 Å². The van der Waals surface area contributed by atoms with E-state index >= 15 is 0 Å². The zero-order valence-electron chi connectivity index (χ0n) is 14.3. The van der Waals surface area contributed by atoms with Crippen molar-refractivity contribution in [1.82, 2.24) is 15.6 Å². The fourth-order valence-corrected chi connectivity index (χ4v) is 2.23. The molecule has 0 aromatic carbocycles. The maximum Gasteiger partial charge on any atom is 0.315 e. The van der Waals surface area contributed by atoms with Crippen LogP contribution in [0.2, 0.25) is 0 Å². The molecule has 0 spiro atoms. The molecule has 2 unspecified atom stereocenters. The van der Waals surface area contributed by atoms with Gasteiger partial charge < -0.3 is 15.7 Å². The number of rotatable bonds is 7. The second-order valence-corrected chi connectivity index (χ2v) is 6.43. The molecule has 1 aromatic heterocycles. The fraction of sp³-hybridized carbons (Fsp3) is 0.647. The second kappa shape index (κ2) is 8.73. The van der Waals surface area contributed by atoms with Crippen molar-refractivity contribution in [3.8, 4) is 0 Å². The minimum atomic E-state index is -0.390. The highest BCUT2D eigenvalue weighted by Crippen LogP contribution is 2.22. The molecule has 124 valence electrons. The molecule has 0 aliphatic carbocycles. The van der Waals surface area contributed by atoms with E-state index in [9.17, 15) is 9.90 Å². The van der Waals surface area contributed by atoms with Gasteiger partial charge in [-0.2, -0.15) is 0 Å². The van der Waals surface area contributed by atoms with Gasteiger partial charge >= 0.3 is 6.03 Å². The molecule has 1 aromatic rings.